The highest BCUT2D eigenvalue weighted by Crippen LogP contribution is 2.37. The van der Waals surface area contributed by atoms with Crippen molar-refractivity contribution in [3.63, 3.8) is 0 Å². The van der Waals surface area contributed by atoms with Crippen molar-refractivity contribution in [2.45, 2.75) is 46.0 Å². The lowest BCUT2D eigenvalue weighted by molar-refractivity contribution is -0.127. The van der Waals surface area contributed by atoms with Crippen molar-refractivity contribution in [2.75, 3.05) is 33.7 Å². The van der Waals surface area contributed by atoms with E-state index in [0.717, 1.165) is 12.5 Å². The Morgan fingerprint density at radius 2 is 1.91 bits per heavy atom. The highest BCUT2D eigenvalue weighted by Gasteiger charge is 2.30. The Kier molecular flexibility index (Phi) is 8.13. The monoisotopic (exact) mass is 322 g/mol. The van der Waals surface area contributed by atoms with Crippen LogP contribution >= 0.6 is 0 Å². The smallest absolute Gasteiger partial charge is 0.243 e. The number of likely N-dealkylation sites (N-methyl/N-ethyl adjacent to an activating group) is 1. The van der Waals surface area contributed by atoms with Crippen molar-refractivity contribution in [1.29, 1.82) is 0 Å². The second kappa shape index (κ2) is 9.58. The van der Waals surface area contributed by atoms with Crippen LogP contribution in [-0.4, -0.2) is 50.5 Å². The average Bonchev–Trinajstić information content (AvgIpc) is 2.54. The van der Waals surface area contributed by atoms with E-state index in [-0.39, 0.29) is 17.9 Å². The first kappa shape index (κ1) is 19.5. The molecule has 23 heavy (non-hydrogen) atoms. The summed E-state index contributed by atoms with van der Waals surface area (Å²) in [6.07, 6.45) is 8.50. The lowest BCUT2D eigenvalue weighted by Crippen LogP contribution is -2.45. The molecule has 0 unspecified atom stereocenters. The van der Waals surface area contributed by atoms with Crippen LogP contribution in [0.4, 0.5) is 0 Å². The summed E-state index contributed by atoms with van der Waals surface area (Å²) < 4.78 is 0. The molecule has 1 aliphatic carbocycles. The first-order valence-electron chi connectivity index (χ1n) is 8.70. The van der Waals surface area contributed by atoms with Crippen LogP contribution < -0.4 is 10.6 Å². The molecule has 5 nitrogen and oxygen atoms in total. The number of rotatable bonds is 7. The van der Waals surface area contributed by atoms with E-state index in [0.29, 0.717) is 12.5 Å². The number of nitrogens with zero attached hydrogens (tertiary/aromatic N) is 2. The molecule has 0 saturated heterocycles. The number of nitrogens with one attached hydrogen (secondary N) is 2. The van der Waals surface area contributed by atoms with Crippen molar-refractivity contribution >= 4 is 11.9 Å². The van der Waals surface area contributed by atoms with Gasteiger partial charge in [0.1, 0.15) is 6.54 Å². The van der Waals surface area contributed by atoms with E-state index in [1.165, 1.54) is 32.1 Å². The van der Waals surface area contributed by atoms with Gasteiger partial charge in [-0.25, -0.2) is 4.99 Å². The van der Waals surface area contributed by atoms with Gasteiger partial charge in [-0.15, -0.1) is 6.58 Å². The summed E-state index contributed by atoms with van der Waals surface area (Å²) in [4.78, 5) is 17.7. The quantitative estimate of drug-likeness (QED) is 0.430. The van der Waals surface area contributed by atoms with E-state index >= 15 is 0 Å². The molecule has 0 aromatic heterocycles. The number of hydrogen-bond donors (Lipinski definition) is 2. The molecule has 0 atom stereocenters. The normalized spacial score (nSPS) is 16.8. The molecule has 0 aromatic rings. The zero-order valence-electron chi connectivity index (χ0n) is 15.3. The van der Waals surface area contributed by atoms with Gasteiger partial charge in [0.05, 0.1) is 0 Å². The van der Waals surface area contributed by atoms with Gasteiger partial charge in [-0.3, -0.25) is 4.79 Å². The fraction of sp³-hybridized carbons (Fsp3) is 0.778. The van der Waals surface area contributed by atoms with Crippen molar-refractivity contribution in [3.8, 4) is 0 Å². The van der Waals surface area contributed by atoms with Gasteiger partial charge in [0, 0.05) is 27.2 Å². The number of carbonyl (C=O) groups is 1. The Balaban J connectivity index is 2.59. The van der Waals surface area contributed by atoms with Crippen LogP contribution in [0, 0.1) is 11.3 Å². The Labute approximate surface area is 141 Å². The van der Waals surface area contributed by atoms with Crippen LogP contribution in [-0.2, 0) is 4.79 Å². The molecule has 1 fully saturated rings. The number of aliphatic imine (C=N–C) groups is 1. The fourth-order valence-electron chi connectivity index (χ4n) is 2.97. The summed E-state index contributed by atoms with van der Waals surface area (Å²) >= 11 is 0. The molecule has 0 aromatic carbocycles. The minimum absolute atomic E-state index is 0.00348. The fourth-order valence-corrected chi connectivity index (χ4v) is 2.97. The lowest BCUT2D eigenvalue weighted by atomic mass is 9.71. The minimum Gasteiger partial charge on any atom is -0.356 e. The lowest BCUT2D eigenvalue weighted by Gasteiger charge is -2.37. The van der Waals surface area contributed by atoms with E-state index in [1.807, 2.05) is 0 Å². The maximum atomic E-state index is 11.7. The topological polar surface area (TPSA) is 56.7 Å². The van der Waals surface area contributed by atoms with Crippen molar-refractivity contribution in [3.05, 3.63) is 12.7 Å². The summed E-state index contributed by atoms with van der Waals surface area (Å²) in [5.41, 5.74) is 0.225. The molecule has 1 aliphatic rings. The average molecular weight is 322 g/mol. The zero-order valence-corrected chi connectivity index (χ0v) is 15.3. The molecule has 0 heterocycles. The van der Waals surface area contributed by atoms with Crippen LogP contribution in [0.25, 0.3) is 0 Å². The highest BCUT2D eigenvalue weighted by atomic mass is 16.2. The first-order chi connectivity index (χ1) is 10.9. The largest absolute Gasteiger partial charge is 0.356 e. The van der Waals surface area contributed by atoms with Crippen molar-refractivity contribution < 1.29 is 4.79 Å². The maximum absolute atomic E-state index is 11.7. The third kappa shape index (κ3) is 7.06. The highest BCUT2D eigenvalue weighted by molar-refractivity contribution is 5.84. The van der Waals surface area contributed by atoms with Gasteiger partial charge in [0.25, 0.3) is 0 Å². The van der Waals surface area contributed by atoms with Crippen molar-refractivity contribution in [1.82, 2.24) is 15.5 Å². The minimum atomic E-state index is -0.00348. The van der Waals surface area contributed by atoms with E-state index in [9.17, 15) is 4.79 Å². The van der Waals surface area contributed by atoms with Crippen LogP contribution in [0.5, 0.6) is 0 Å². The SMILES string of the molecule is C=CCNC(=NCC(=O)N(C)C)NCC(C)(C)C1CCCCC1. The third-order valence-corrected chi connectivity index (χ3v) is 4.71. The van der Waals surface area contributed by atoms with Crippen molar-refractivity contribution in [2.24, 2.45) is 16.3 Å². The summed E-state index contributed by atoms with van der Waals surface area (Å²) in [7, 11) is 3.49. The number of carbonyl (C=O) groups excluding carboxylic acids is 1. The molecular weight excluding hydrogens is 288 g/mol. The van der Waals surface area contributed by atoms with Gasteiger partial charge < -0.3 is 15.5 Å². The van der Waals surface area contributed by atoms with Crippen LogP contribution in [0.2, 0.25) is 0 Å². The predicted molar refractivity (Wildman–Crippen MR) is 97.6 cm³/mol. The summed E-state index contributed by atoms with van der Waals surface area (Å²) in [5.74, 6) is 1.44. The molecule has 0 bridgehead atoms. The molecule has 0 spiro atoms. The maximum Gasteiger partial charge on any atom is 0.243 e. The van der Waals surface area contributed by atoms with Gasteiger partial charge in [0.2, 0.25) is 5.91 Å². The Morgan fingerprint density at radius 3 is 2.48 bits per heavy atom. The molecule has 2 N–H and O–H groups in total. The number of hydrogen-bond acceptors (Lipinski definition) is 2. The molecule has 5 heteroatoms. The zero-order chi connectivity index (χ0) is 17.3. The molecular formula is C18H34N4O. The third-order valence-electron chi connectivity index (χ3n) is 4.71. The first-order valence-corrected chi connectivity index (χ1v) is 8.70. The van der Waals surface area contributed by atoms with Gasteiger partial charge in [-0.2, -0.15) is 0 Å². The van der Waals surface area contributed by atoms with E-state index in [1.54, 1.807) is 25.1 Å². The summed E-state index contributed by atoms with van der Waals surface area (Å²) in [6, 6.07) is 0. The standard InChI is InChI=1S/C18H34N4O/c1-6-12-19-17(20-13-16(23)22(4)5)21-14-18(2,3)15-10-8-7-9-11-15/h6,15H,1,7-14H2,2-5H3,(H2,19,20,21). The van der Waals surface area contributed by atoms with Gasteiger partial charge in [-0.05, 0) is 24.2 Å². The Bertz CT molecular complexity index is 409. The number of guanidine groups is 1. The van der Waals surface area contributed by atoms with Gasteiger partial charge >= 0.3 is 0 Å². The Morgan fingerprint density at radius 1 is 1.26 bits per heavy atom. The molecule has 0 aliphatic heterocycles. The summed E-state index contributed by atoms with van der Waals surface area (Å²) in [6.45, 7) is 10.0. The van der Waals surface area contributed by atoms with Gasteiger partial charge in [0.15, 0.2) is 5.96 Å². The van der Waals surface area contributed by atoms with Crippen LogP contribution in [0.1, 0.15) is 46.0 Å². The van der Waals surface area contributed by atoms with Gasteiger partial charge in [-0.1, -0.05) is 39.2 Å². The number of amides is 1. The van der Waals surface area contributed by atoms with E-state index in [2.05, 4.69) is 36.1 Å². The van der Waals surface area contributed by atoms with Crippen LogP contribution in [0.3, 0.4) is 0 Å². The Hall–Kier alpha value is -1.52. The molecule has 1 saturated carbocycles. The molecule has 1 amide bonds. The molecule has 132 valence electrons. The molecule has 0 radical (unpaired) electrons. The second-order valence-electron chi connectivity index (χ2n) is 7.30. The summed E-state index contributed by atoms with van der Waals surface area (Å²) in [5, 5.41) is 6.60. The predicted octanol–water partition coefficient (Wildman–Crippen LogP) is 2.40. The van der Waals surface area contributed by atoms with Crippen LogP contribution in [0.15, 0.2) is 17.6 Å². The van der Waals surface area contributed by atoms with E-state index < -0.39 is 0 Å². The van der Waals surface area contributed by atoms with E-state index in [4.69, 9.17) is 0 Å². The second-order valence-corrected chi connectivity index (χ2v) is 7.30. The molecule has 1 rings (SSSR count).